The molecule has 2 amide bonds. The summed E-state index contributed by atoms with van der Waals surface area (Å²) in [5, 5.41) is 2.53. The van der Waals surface area contributed by atoms with Gasteiger partial charge in [0.1, 0.15) is 6.54 Å². The molecule has 1 aliphatic heterocycles. The SMILES string of the molecule is O=C1CN(c2ccc(-n3cnc(CCC(=O)c4ccc(Cl)s4)c3)cc2)C(=O)CN1. The van der Waals surface area contributed by atoms with Gasteiger partial charge in [-0.1, -0.05) is 11.6 Å². The molecule has 0 atom stereocenters. The van der Waals surface area contributed by atoms with Crippen molar-refractivity contribution in [3.8, 4) is 5.69 Å². The summed E-state index contributed by atoms with van der Waals surface area (Å²) < 4.78 is 2.46. The lowest BCUT2D eigenvalue weighted by molar-refractivity contribution is -0.128. The Morgan fingerprint density at radius 2 is 1.90 bits per heavy atom. The molecule has 3 heterocycles. The second kappa shape index (κ2) is 8.18. The van der Waals surface area contributed by atoms with E-state index < -0.39 is 0 Å². The summed E-state index contributed by atoms with van der Waals surface area (Å²) in [7, 11) is 0. The number of nitrogens with one attached hydrogen (secondary N) is 1. The standard InChI is InChI=1S/C20H17ClN4O3S/c21-18-8-7-17(29-18)16(26)6-1-13-10-24(12-23-13)14-2-4-15(5-3-14)25-11-19(27)22-9-20(25)28/h2-5,7-8,10,12H,1,6,9,11H2,(H,22,27). The molecule has 4 rings (SSSR count). The van der Waals surface area contributed by atoms with E-state index >= 15 is 0 Å². The number of nitrogens with zero attached hydrogens (tertiary/aromatic N) is 3. The Balaban J connectivity index is 1.40. The maximum Gasteiger partial charge on any atom is 0.246 e. The zero-order valence-electron chi connectivity index (χ0n) is 15.3. The predicted octanol–water partition coefficient (Wildman–Crippen LogP) is 2.87. The third kappa shape index (κ3) is 4.38. The number of thiophene rings is 1. The van der Waals surface area contributed by atoms with Crippen molar-refractivity contribution in [2.24, 2.45) is 0 Å². The number of anilines is 1. The van der Waals surface area contributed by atoms with Crippen LogP contribution in [0.4, 0.5) is 5.69 Å². The Labute approximate surface area is 175 Å². The summed E-state index contributed by atoms with van der Waals surface area (Å²) >= 11 is 7.16. The van der Waals surface area contributed by atoms with Crippen molar-refractivity contribution in [2.45, 2.75) is 12.8 Å². The summed E-state index contributed by atoms with van der Waals surface area (Å²) in [5.74, 6) is -0.262. The number of hydrogen-bond acceptors (Lipinski definition) is 5. The second-order valence-corrected chi connectivity index (χ2v) is 8.29. The van der Waals surface area contributed by atoms with Gasteiger partial charge >= 0.3 is 0 Å². The van der Waals surface area contributed by atoms with Crippen LogP contribution in [0, 0.1) is 0 Å². The van der Waals surface area contributed by atoms with E-state index in [-0.39, 0.29) is 30.7 Å². The summed E-state index contributed by atoms with van der Waals surface area (Å²) in [4.78, 5) is 42.2. The maximum atomic E-state index is 12.2. The smallest absolute Gasteiger partial charge is 0.246 e. The average molecular weight is 429 g/mol. The van der Waals surface area contributed by atoms with E-state index in [0.717, 1.165) is 11.4 Å². The molecular formula is C20H17ClN4O3S. The van der Waals surface area contributed by atoms with Crippen molar-refractivity contribution in [2.75, 3.05) is 18.0 Å². The Kier molecular flexibility index (Phi) is 5.46. The van der Waals surface area contributed by atoms with Crippen LogP contribution in [0.5, 0.6) is 0 Å². The number of Topliss-reactive ketones (excluding diaryl/α,β-unsaturated/α-hetero) is 1. The van der Waals surface area contributed by atoms with Crippen LogP contribution in [0.3, 0.4) is 0 Å². The van der Waals surface area contributed by atoms with Crippen molar-refractivity contribution in [3.63, 3.8) is 0 Å². The van der Waals surface area contributed by atoms with Gasteiger partial charge in [-0.05, 0) is 42.8 Å². The molecule has 3 aromatic rings. The van der Waals surface area contributed by atoms with Crippen LogP contribution >= 0.6 is 22.9 Å². The number of amides is 2. The molecule has 7 nitrogen and oxygen atoms in total. The number of ketones is 1. The summed E-state index contributed by atoms with van der Waals surface area (Å²) in [5.41, 5.74) is 2.36. The van der Waals surface area contributed by atoms with Gasteiger partial charge in [0.2, 0.25) is 11.8 Å². The first-order valence-corrected chi connectivity index (χ1v) is 10.2. The van der Waals surface area contributed by atoms with Crippen LogP contribution in [0.1, 0.15) is 21.8 Å². The van der Waals surface area contributed by atoms with Gasteiger partial charge in [0.05, 0.1) is 27.8 Å². The molecule has 2 aromatic heterocycles. The number of rotatable bonds is 6. The number of aryl methyl sites for hydroxylation is 1. The number of hydrogen-bond donors (Lipinski definition) is 1. The highest BCUT2D eigenvalue weighted by Crippen LogP contribution is 2.23. The molecule has 9 heteroatoms. The van der Waals surface area contributed by atoms with E-state index in [1.54, 1.807) is 30.6 Å². The molecule has 1 aromatic carbocycles. The van der Waals surface area contributed by atoms with E-state index in [4.69, 9.17) is 11.6 Å². The molecule has 1 N–H and O–H groups in total. The summed E-state index contributed by atoms with van der Waals surface area (Å²) in [6.07, 6.45) is 4.47. The van der Waals surface area contributed by atoms with E-state index in [1.807, 2.05) is 22.9 Å². The Bertz CT molecular complexity index is 1070. The molecule has 0 spiro atoms. The van der Waals surface area contributed by atoms with Gasteiger partial charge in [-0.3, -0.25) is 14.4 Å². The third-order valence-corrected chi connectivity index (χ3v) is 5.86. The highest BCUT2D eigenvalue weighted by Gasteiger charge is 2.24. The fourth-order valence-electron chi connectivity index (χ4n) is 3.06. The minimum absolute atomic E-state index is 0.0157. The minimum Gasteiger partial charge on any atom is -0.345 e. The monoisotopic (exact) mass is 428 g/mol. The van der Waals surface area contributed by atoms with Crippen LogP contribution in [0.15, 0.2) is 48.9 Å². The fourth-order valence-corrected chi connectivity index (χ4v) is 4.07. The van der Waals surface area contributed by atoms with Gasteiger partial charge in [0, 0.05) is 24.0 Å². The van der Waals surface area contributed by atoms with Gasteiger partial charge in [0.15, 0.2) is 5.78 Å². The molecule has 0 saturated carbocycles. The largest absolute Gasteiger partial charge is 0.345 e. The lowest BCUT2D eigenvalue weighted by atomic mass is 10.1. The Hall–Kier alpha value is -2.97. The van der Waals surface area contributed by atoms with Gasteiger partial charge in [0.25, 0.3) is 0 Å². The van der Waals surface area contributed by atoms with Gasteiger partial charge in [-0.2, -0.15) is 0 Å². The van der Waals surface area contributed by atoms with Crippen LogP contribution < -0.4 is 10.2 Å². The number of imidazole rings is 1. The molecular weight excluding hydrogens is 412 g/mol. The lowest BCUT2D eigenvalue weighted by Crippen LogP contribution is -2.51. The average Bonchev–Trinajstić information content (AvgIpc) is 3.37. The molecule has 0 unspecified atom stereocenters. The lowest BCUT2D eigenvalue weighted by Gasteiger charge is -2.26. The molecule has 1 saturated heterocycles. The van der Waals surface area contributed by atoms with Crippen LogP contribution in [0.25, 0.3) is 5.69 Å². The number of piperazine rings is 1. The second-order valence-electron chi connectivity index (χ2n) is 6.57. The van der Waals surface area contributed by atoms with Gasteiger partial charge < -0.3 is 14.8 Å². The molecule has 0 radical (unpaired) electrons. The molecule has 29 heavy (non-hydrogen) atoms. The predicted molar refractivity (Wildman–Crippen MR) is 111 cm³/mol. The minimum atomic E-state index is -0.174. The topological polar surface area (TPSA) is 84.3 Å². The van der Waals surface area contributed by atoms with Crippen molar-refractivity contribution in [1.29, 1.82) is 0 Å². The number of carbonyl (C=O) groups excluding carboxylic acids is 3. The maximum absolute atomic E-state index is 12.2. The van der Waals surface area contributed by atoms with E-state index in [9.17, 15) is 14.4 Å². The summed E-state index contributed by atoms with van der Waals surface area (Å²) in [6, 6.07) is 10.8. The fraction of sp³-hybridized carbons (Fsp3) is 0.200. The van der Waals surface area contributed by atoms with E-state index in [1.165, 1.54) is 16.2 Å². The first kappa shape index (κ1) is 19.4. The number of aromatic nitrogens is 2. The quantitative estimate of drug-likeness (QED) is 0.612. The highest BCUT2D eigenvalue weighted by molar-refractivity contribution is 7.18. The number of halogens is 1. The van der Waals surface area contributed by atoms with E-state index in [0.29, 0.717) is 27.7 Å². The summed E-state index contributed by atoms with van der Waals surface area (Å²) in [6.45, 7) is 0.0404. The Morgan fingerprint density at radius 1 is 1.14 bits per heavy atom. The first-order valence-electron chi connectivity index (χ1n) is 8.98. The van der Waals surface area contributed by atoms with E-state index in [2.05, 4.69) is 10.3 Å². The normalized spacial score (nSPS) is 14.2. The van der Waals surface area contributed by atoms with Gasteiger partial charge in [-0.15, -0.1) is 11.3 Å². The molecule has 148 valence electrons. The van der Waals surface area contributed by atoms with Crippen LogP contribution in [-0.4, -0.2) is 40.2 Å². The zero-order chi connectivity index (χ0) is 20.4. The number of benzene rings is 1. The third-order valence-electron chi connectivity index (χ3n) is 4.59. The van der Waals surface area contributed by atoms with Crippen LogP contribution in [0.2, 0.25) is 4.34 Å². The highest BCUT2D eigenvalue weighted by atomic mass is 35.5. The van der Waals surface area contributed by atoms with Crippen LogP contribution in [-0.2, 0) is 16.0 Å². The first-order chi connectivity index (χ1) is 14.0. The zero-order valence-corrected chi connectivity index (χ0v) is 16.9. The molecule has 1 aliphatic rings. The molecule has 0 aliphatic carbocycles. The molecule has 0 bridgehead atoms. The Morgan fingerprint density at radius 3 is 2.62 bits per heavy atom. The molecule has 1 fully saturated rings. The van der Waals surface area contributed by atoms with Gasteiger partial charge in [-0.25, -0.2) is 4.98 Å². The van der Waals surface area contributed by atoms with Crippen molar-refractivity contribution in [3.05, 3.63) is 63.8 Å². The van der Waals surface area contributed by atoms with Crippen molar-refractivity contribution in [1.82, 2.24) is 14.9 Å². The number of carbonyl (C=O) groups is 3. The van der Waals surface area contributed by atoms with Crippen molar-refractivity contribution < 1.29 is 14.4 Å². The van der Waals surface area contributed by atoms with Crippen molar-refractivity contribution >= 4 is 46.2 Å².